The zero-order valence-electron chi connectivity index (χ0n) is 11.6. The van der Waals surface area contributed by atoms with Crippen molar-refractivity contribution < 1.29 is 14.3 Å². The van der Waals surface area contributed by atoms with Gasteiger partial charge in [0.15, 0.2) is 0 Å². The molecule has 0 aromatic carbocycles. The Bertz CT molecular complexity index is 164. The predicted octanol–water partition coefficient (Wildman–Crippen LogP) is 1.98. The maximum atomic E-state index is 11.1. The molecule has 0 aliphatic heterocycles. The smallest absolute Gasteiger partial charge is 0.332 e. The first-order chi connectivity index (χ1) is 7.45. The molecule has 0 rings (SSSR count). The van der Waals surface area contributed by atoms with Crippen LogP contribution in [0.5, 0.6) is 0 Å². The molecule has 0 aromatic rings. The third-order valence-electron chi connectivity index (χ3n) is 1.36. The van der Waals surface area contributed by atoms with Crippen molar-refractivity contribution in [2.75, 3.05) is 26.8 Å². The Morgan fingerprint density at radius 1 is 1.25 bits per heavy atom. The Kier molecular flexibility index (Phi) is 12.1. The number of esters is 1. The van der Waals surface area contributed by atoms with Gasteiger partial charge in [-0.1, -0.05) is 13.8 Å². The normalized spacial score (nSPS) is 10.4. The minimum Gasteiger partial charge on any atom is -0.458 e. The highest BCUT2D eigenvalue weighted by Crippen LogP contribution is 2.06. The molecule has 0 heterocycles. The summed E-state index contributed by atoms with van der Waals surface area (Å²) in [4.78, 5) is 11.1. The lowest BCUT2D eigenvalue weighted by Gasteiger charge is -2.19. The summed E-state index contributed by atoms with van der Waals surface area (Å²) in [6, 6.07) is 0. The molecular weight excluding hydrogens is 206 g/mol. The van der Waals surface area contributed by atoms with Gasteiger partial charge in [0.1, 0.15) is 12.2 Å². The van der Waals surface area contributed by atoms with E-state index >= 15 is 0 Å². The molecule has 0 saturated heterocycles. The summed E-state index contributed by atoms with van der Waals surface area (Å²) in [5, 5.41) is 3.00. The van der Waals surface area contributed by atoms with E-state index in [0.29, 0.717) is 6.61 Å². The molecule has 0 aliphatic carbocycles. The molecule has 0 atom stereocenters. The van der Waals surface area contributed by atoms with E-state index in [4.69, 9.17) is 9.47 Å². The van der Waals surface area contributed by atoms with E-state index in [9.17, 15) is 4.79 Å². The molecule has 1 N–H and O–H groups in total. The van der Waals surface area contributed by atoms with Gasteiger partial charge in [0.2, 0.25) is 0 Å². The van der Waals surface area contributed by atoms with Crippen molar-refractivity contribution in [3.63, 3.8) is 0 Å². The fraction of sp³-hybridized carbons (Fsp3) is 0.917. The molecule has 4 heteroatoms. The second-order valence-corrected chi connectivity index (χ2v) is 4.10. The van der Waals surface area contributed by atoms with E-state index in [1.165, 1.54) is 0 Å². The third-order valence-corrected chi connectivity index (χ3v) is 1.36. The van der Waals surface area contributed by atoms with Crippen LogP contribution in [0.1, 0.15) is 41.0 Å². The SMILES string of the molecule is CC.CNCCCOCC(=O)OC(C)(C)C. The lowest BCUT2D eigenvalue weighted by molar-refractivity contribution is -0.160. The standard InChI is InChI=1S/C10H21NO3.C2H6/c1-10(2,3)14-9(12)8-13-7-5-6-11-4;1-2/h11H,5-8H2,1-4H3;1-2H3. The number of ether oxygens (including phenoxy) is 2. The van der Waals surface area contributed by atoms with Gasteiger partial charge >= 0.3 is 5.97 Å². The van der Waals surface area contributed by atoms with Crippen LogP contribution in [0.4, 0.5) is 0 Å². The van der Waals surface area contributed by atoms with E-state index in [0.717, 1.165) is 13.0 Å². The van der Waals surface area contributed by atoms with Crippen LogP contribution in [0.25, 0.3) is 0 Å². The number of carbonyl (C=O) groups excluding carboxylic acids is 1. The highest BCUT2D eigenvalue weighted by Gasteiger charge is 2.15. The fourth-order valence-electron chi connectivity index (χ4n) is 0.877. The second-order valence-electron chi connectivity index (χ2n) is 4.10. The summed E-state index contributed by atoms with van der Waals surface area (Å²) in [5.74, 6) is -0.304. The van der Waals surface area contributed by atoms with Gasteiger partial charge in [-0.25, -0.2) is 4.79 Å². The van der Waals surface area contributed by atoms with Crippen molar-refractivity contribution in [3.05, 3.63) is 0 Å². The maximum Gasteiger partial charge on any atom is 0.332 e. The van der Waals surface area contributed by atoms with Crippen LogP contribution in [0.15, 0.2) is 0 Å². The van der Waals surface area contributed by atoms with E-state index in [1.54, 1.807) is 0 Å². The Balaban J connectivity index is 0. The second kappa shape index (κ2) is 10.9. The first kappa shape index (κ1) is 17.8. The van der Waals surface area contributed by atoms with Crippen molar-refractivity contribution in [3.8, 4) is 0 Å². The van der Waals surface area contributed by atoms with E-state index in [-0.39, 0.29) is 12.6 Å². The lowest BCUT2D eigenvalue weighted by atomic mass is 10.2. The van der Waals surface area contributed by atoms with Gasteiger partial charge in [0, 0.05) is 6.61 Å². The number of nitrogens with one attached hydrogen (secondary N) is 1. The first-order valence-electron chi connectivity index (χ1n) is 5.90. The third kappa shape index (κ3) is 15.8. The largest absolute Gasteiger partial charge is 0.458 e. The molecule has 0 unspecified atom stereocenters. The molecule has 0 saturated carbocycles. The van der Waals surface area contributed by atoms with Gasteiger partial charge in [-0.3, -0.25) is 0 Å². The Morgan fingerprint density at radius 3 is 2.25 bits per heavy atom. The number of hydrogen-bond acceptors (Lipinski definition) is 4. The monoisotopic (exact) mass is 233 g/mol. The van der Waals surface area contributed by atoms with Crippen LogP contribution in [0.3, 0.4) is 0 Å². The fourth-order valence-corrected chi connectivity index (χ4v) is 0.877. The van der Waals surface area contributed by atoms with Gasteiger partial charge in [0.05, 0.1) is 0 Å². The van der Waals surface area contributed by atoms with Crippen molar-refractivity contribution >= 4 is 5.97 Å². The average Bonchev–Trinajstić information content (AvgIpc) is 2.18. The summed E-state index contributed by atoms with van der Waals surface area (Å²) in [5.41, 5.74) is -0.425. The summed E-state index contributed by atoms with van der Waals surface area (Å²) < 4.78 is 10.2. The summed E-state index contributed by atoms with van der Waals surface area (Å²) in [7, 11) is 1.88. The van der Waals surface area contributed by atoms with E-state index < -0.39 is 5.60 Å². The van der Waals surface area contributed by atoms with Crippen molar-refractivity contribution in [2.45, 2.75) is 46.6 Å². The molecule has 0 bridgehead atoms. The minimum absolute atomic E-state index is 0.0426. The number of hydrogen-bond donors (Lipinski definition) is 1. The van der Waals surface area contributed by atoms with E-state index in [1.807, 2.05) is 41.7 Å². The lowest BCUT2D eigenvalue weighted by Crippen LogP contribution is -2.26. The summed E-state index contributed by atoms with van der Waals surface area (Å²) in [6.07, 6.45) is 0.902. The van der Waals surface area contributed by atoms with Crippen molar-refractivity contribution in [1.29, 1.82) is 0 Å². The average molecular weight is 233 g/mol. The Labute approximate surface area is 99.7 Å². The van der Waals surface area contributed by atoms with Gasteiger partial charge < -0.3 is 14.8 Å². The predicted molar refractivity (Wildman–Crippen MR) is 66.6 cm³/mol. The minimum atomic E-state index is -0.425. The van der Waals surface area contributed by atoms with Crippen molar-refractivity contribution in [1.82, 2.24) is 5.32 Å². The quantitative estimate of drug-likeness (QED) is 0.563. The van der Waals surface area contributed by atoms with Gasteiger partial charge in [-0.05, 0) is 40.8 Å². The zero-order valence-corrected chi connectivity index (χ0v) is 11.6. The summed E-state index contributed by atoms with van der Waals surface area (Å²) >= 11 is 0. The van der Waals surface area contributed by atoms with Crippen LogP contribution in [0.2, 0.25) is 0 Å². The summed E-state index contributed by atoms with van der Waals surface area (Å²) in [6.45, 7) is 11.0. The van der Waals surface area contributed by atoms with Gasteiger partial charge in [0.25, 0.3) is 0 Å². The zero-order chi connectivity index (χ0) is 13.0. The molecule has 98 valence electrons. The van der Waals surface area contributed by atoms with E-state index in [2.05, 4.69) is 5.32 Å². The van der Waals surface area contributed by atoms with Crippen LogP contribution >= 0.6 is 0 Å². The highest BCUT2D eigenvalue weighted by atomic mass is 16.6. The first-order valence-corrected chi connectivity index (χ1v) is 5.90. The van der Waals surface area contributed by atoms with Crippen molar-refractivity contribution in [2.24, 2.45) is 0 Å². The highest BCUT2D eigenvalue weighted by molar-refractivity contribution is 5.71. The van der Waals surface area contributed by atoms with Crippen LogP contribution in [0, 0.1) is 0 Å². The van der Waals surface area contributed by atoms with Gasteiger partial charge in [-0.2, -0.15) is 0 Å². The number of rotatable bonds is 6. The molecule has 16 heavy (non-hydrogen) atoms. The molecule has 0 fully saturated rings. The maximum absolute atomic E-state index is 11.1. The molecule has 0 aromatic heterocycles. The molecule has 0 spiro atoms. The van der Waals surface area contributed by atoms with Crippen LogP contribution < -0.4 is 5.32 Å². The van der Waals surface area contributed by atoms with Crippen LogP contribution in [-0.2, 0) is 14.3 Å². The molecule has 0 amide bonds. The molecule has 4 nitrogen and oxygen atoms in total. The van der Waals surface area contributed by atoms with Crippen LogP contribution in [-0.4, -0.2) is 38.4 Å². The molecule has 0 aliphatic rings. The number of carbonyl (C=O) groups is 1. The Hall–Kier alpha value is -0.610. The molecular formula is C12H27NO3. The Morgan fingerprint density at radius 2 is 1.81 bits per heavy atom. The molecule has 0 radical (unpaired) electrons. The topological polar surface area (TPSA) is 47.6 Å². The van der Waals surface area contributed by atoms with Gasteiger partial charge in [-0.15, -0.1) is 0 Å².